The number of hydrogen-bond donors (Lipinski definition) is 0. The third-order valence-corrected chi connectivity index (χ3v) is 4.85. The predicted molar refractivity (Wildman–Crippen MR) is 83.7 cm³/mol. The Balaban J connectivity index is 2.00. The monoisotopic (exact) mass is 309 g/mol. The number of hydrogen-bond acceptors (Lipinski definition) is 4. The maximum absolute atomic E-state index is 12.0. The van der Waals surface area contributed by atoms with Crippen LogP contribution in [-0.2, 0) is 14.4 Å². The van der Waals surface area contributed by atoms with E-state index in [4.69, 9.17) is 4.28 Å². The number of rotatable bonds is 3. The highest BCUT2D eigenvalue weighted by molar-refractivity contribution is 7.86. The quantitative estimate of drug-likeness (QED) is 0.783. The Morgan fingerprint density at radius 1 is 0.810 bits per heavy atom. The zero-order valence-corrected chi connectivity index (χ0v) is 13.1. The fourth-order valence-electron chi connectivity index (χ4n) is 2.49. The SMILES string of the molecule is O=S(=O)(ON=C1CCCCCCCCC1)c1ccccc1. The van der Waals surface area contributed by atoms with Crippen LogP contribution in [0.15, 0.2) is 40.4 Å². The molecule has 0 bridgehead atoms. The highest BCUT2D eigenvalue weighted by Gasteiger charge is 2.15. The van der Waals surface area contributed by atoms with E-state index in [0.29, 0.717) is 0 Å². The van der Waals surface area contributed by atoms with Crippen LogP contribution in [0.2, 0.25) is 0 Å². The molecule has 2 rings (SSSR count). The molecule has 1 aromatic rings. The molecule has 5 heteroatoms. The highest BCUT2D eigenvalue weighted by atomic mass is 32.2. The molecule has 4 nitrogen and oxygen atoms in total. The van der Waals surface area contributed by atoms with E-state index in [1.807, 2.05) is 0 Å². The van der Waals surface area contributed by atoms with Crippen LogP contribution in [0.3, 0.4) is 0 Å². The Morgan fingerprint density at radius 3 is 1.90 bits per heavy atom. The molecule has 0 spiro atoms. The molecule has 0 heterocycles. The van der Waals surface area contributed by atoms with Crippen molar-refractivity contribution in [2.24, 2.45) is 5.16 Å². The van der Waals surface area contributed by atoms with Gasteiger partial charge in [0.1, 0.15) is 4.90 Å². The summed E-state index contributed by atoms with van der Waals surface area (Å²) < 4.78 is 28.9. The minimum atomic E-state index is -3.78. The van der Waals surface area contributed by atoms with Gasteiger partial charge in [0.05, 0.1) is 5.71 Å². The lowest BCUT2D eigenvalue weighted by Crippen LogP contribution is -2.07. The summed E-state index contributed by atoms with van der Waals surface area (Å²) >= 11 is 0. The first-order valence-electron chi connectivity index (χ1n) is 7.73. The van der Waals surface area contributed by atoms with Crippen molar-refractivity contribution in [3.63, 3.8) is 0 Å². The molecule has 0 N–H and O–H groups in total. The average Bonchev–Trinajstić information content (AvgIpc) is 2.52. The third kappa shape index (κ3) is 5.50. The lowest BCUT2D eigenvalue weighted by Gasteiger charge is -2.09. The molecule has 1 saturated carbocycles. The molecule has 21 heavy (non-hydrogen) atoms. The largest absolute Gasteiger partial charge is 0.358 e. The summed E-state index contributed by atoms with van der Waals surface area (Å²) in [6.45, 7) is 0. The van der Waals surface area contributed by atoms with E-state index in [1.54, 1.807) is 18.2 Å². The van der Waals surface area contributed by atoms with Gasteiger partial charge in [-0.1, -0.05) is 55.5 Å². The van der Waals surface area contributed by atoms with Crippen LogP contribution >= 0.6 is 0 Å². The standard InChI is InChI=1S/C16H23NO3S/c18-21(19,16-13-9-6-10-14-16)20-17-15-11-7-4-2-1-3-5-8-12-15/h6,9-10,13-14H,1-5,7-8,11-12H2. The van der Waals surface area contributed by atoms with Gasteiger partial charge in [-0.25, -0.2) is 0 Å². The van der Waals surface area contributed by atoms with Gasteiger partial charge in [0.25, 0.3) is 0 Å². The number of oxime groups is 1. The molecule has 1 aliphatic carbocycles. The summed E-state index contributed by atoms with van der Waals surface area (Å²) in [6, 6.07) is 8.15. The average molecular weight is 309 g/mol. The number of nitrogens with zero attached hydrogens (tertiary/aromatic N) is 1. The summed E-state index contributed by atoms with van der Waals surface area (Å²) in [7, 11) is -3.78. The van der Waals surface area contributed by atoms with E-state index >= 15 is 0 Å². The van der Waals surface area contributed by atoms with Crippen molar-refractivity contribution in [3.05, 3.63) is 30.3 Å². The first kappa shape index (κ1) is 16.0. The smallest absolute Gasteiger partial charge is 0.265 e. The maximum Gasteiger partial charge on any atom is 0.358 e. The zero-order valence-electron chi connectivity index (χ0n) is 12.3. The second kappa shape index (κ2) is 8.17. The molecule has 0 unspecified atom stereocenters. The lowest BCUT2D eigenvalue weighted by molar-refractivity contribution is 0.335. The summed E-state index contributed by atoms with van der Waals surface area (Å²) in [5.41, 5.74) is 0.872. The summed E-state index contributed by atoms with van der Waals surface area (Å²) in [6.07, 6.45) is 10.0. The van der Waals surface area contributed by atoms with Crippen LogP contribution in [0.5, 0.6) is 0 Å². The minimum absolute atomic E-state index is 0.147. The van der Waals surface area contributed by atoms with Crippen LogP contribution < -0.4 is 0 Å². The Labute approximate surface area is 127 Å². The first-order valence-corrected chi connectivity index (χ1v) is 9.14. The molecule has 0 aliphatic heterocycles. The van der Waals surface area contributed by atoms with Crippen LogP contribution in [-0.4, -0.2) is 14.1 Å². The molecule has 0 radical (unpaired) electrons. The van der Waals surface area contributed by atoms with E-state index < -0.39 is 10.1 Å². The van der Waals surface area contributed by atoms with Crippen molar-refractivity contribution >= 4 is 15.8 Å². The van der Waals surface area contributed by atoms with Crippen LogP contribution in [0.4, 0.5) is 0 Å². The van der Waals surface area contributed by atoms with Gasteiger partial charge >= 0.3 is 10.1 Å². The molecule has 0 saturated heterocycles. The molecular weight excluding hydrogens is 286 g/mol. The van der Waals surface area contributed by atoms with Gasteiger partial charge < -0.3 is 0 Å². The molecule has 1 fully saturated rings. The molecule has 116 valence electrons. The zero-order chi connectivity index (χ0) is 15.0. The van der Waals surface area contributed by atoms with Crippen molar-refractivity contribution in [3.8, 4) is 0 Å². The number of benzene rings is 1. The van der Waals surface area contributed by atoms with Crippen molar-refractivity contribution in [1.29, 1.82) is 0 Å². The molecule has 0 amide bonds. The maximum atomic E-state index is 12.0. The third-order valence-electron chi connectivity index (χ3n) is 3.73. The van der Waals surface area contributed by atoms with Gasteiger partial charge in [-0.3, -0.25) is 4.28 Å². The van der Waals surface area contributed by atoms with Crippen molar-refractivity contribution in [2.75, 3.05) is 0 Å². The van der Waals surface area contributed by atoms with E-state index in [1.165, 1.54) is 44.2 Å². The normalized spacial score (nSPS) is 18.0. The van der Waals surface area contributed by atoms with E-state index in [-0.39, 0.29) is 4.90 Å². The van der Waals surface area contributed by atoms with Crippen molar-refractivity contribution in [1.82, 2.24) is 0 Å². The van der Waals surface area contributed by atoms with Gasteiger partial charge in [-0.05, 0) is 37.8 Å². The van der Waals surface area contributed by atoms with Crippen LogP contribution in [0.25, 0.3) is 0 Å². The Morgan fingerprint density at radius 2 is 1.33 bits per heavy atom. The fraction of sp³-hybridized carbons (Fsp3) is 0.562. The second-order valence-corrected chi connectivity index (χ2v) is 7.00. The van der Waals surface area contributed by atoms with Gasteiger partial charge in [-0.2, -0.15) is 8.42 Å². The summed E-state index contributed by atoms with van der Waals surface area (Å²) in [5.74, 6) is 0. The van der Waals surface area contributed by atoms with Gasteiger partial charge in [0.2, 0.25) is 0 Å². The van der Waals surface area contributed by atoms with E-state index in [0.717, 1.165) is 31.4 Å². The molecule has 1 aromatic carbocycles. The van der Waals surface area contributed by atoms with Crippen molar-refractivity contribution < 1.29 is 12.7 Å². The molecule has 0 atom stereocenters. The Bertz CT molecular complexity index is 540. The van der Waals surface area contributed by atoms with E-state index in [2.05, 4.69) is 5.16 Å². The first-order chi connectivity index (χ1) is 10.2. The molecular formula is C16H23NO3S. The van der Waals surface area contributed by atoms with Crippen LogP contribution in [0.1, 0.15) is 57.8 Å². The summed E-state index contributed by atoms with van der Waals surface area (Å²) in [4.78, 5) is 0.147. The minimum Gasteiger partial charge on any atom is -0.265 e. The second-order valence-electron chi connectivity index (χ2n) is 5.47. The van der Waals surface area contributed by atoms with Gasteiger partial charge in [0, 0.05) is 0 Å². The van der Waals surface area contributed by atoms with Gasteiger partial charge in [-0.15, -0.1) is 0 Å². The van der Waals surface area contributed by atoms with Crippen LogP contribution in [0, 0.1) is 0 Å². The summed E-state index contributed by atoms with van der Waals surface area (Å²) in [5, 5.41) is 3.93. The highest BCUT2D eigenvalue weighted by Crippen LogP contribution is 2.17. The topological polar surface area (TPSA) is 55.7 Å². The van der Waals surface area contributed by atoms with Gasteiger partial charge in [0.15, 0.2) is 0 Å². The Hall–Kier alpha value is -1.36. The molecule has 0 aromatic heterocycles. The molecule has 1 aliphatic rings. The Kier molecular flexibility index (Phi) is 6.23. The fourth-order valence-corrected chi connectivity index (χ4v) is 3.27. The van der Waals surface area contributed by atoms with E-state index in [9.17, 15) is 8.42 Å². The predicted octanol–water partition coefficient (Wildman–Crippen LogP) is 4.27. The lowest BCUT2D eigenvalue weighted by atomic mass is 10.00. The van der Waals surface area contributed by atoms with Crippen molar-refractivity contribution in [2.45, 2.75) is 62.7 Å².